The van der Waals surface area contributed by atoms with Crippen LogP contribution in [0.25, 0.3) is 0 Å². The van der Waals surface area contributed by atoms with Gasteiger partial charge in [-0.2, -0.15) is 0 Å². The summed E-state index contributed by atoms with van der Waals surface area (Å²) in [4.78, 5) is 0. The van der Waals surface area contributed by atoms with E-state index in [9.17, 15) is 5.11 Å². The molecule has 0 saturated heterocycles. The summed E-state index contributed by atoms with van der Waals surface area (Å²) in [7, 11) is 0. The number of halogens is 3. The summed E-state index contributed by atoms with van der Waals surface area (Å²) in [5, 5.41) is 17.4. The van der Waals surface area contributed by atoms with Crippen molar-refractivity contribution in [1.29, 1.82) is 0 Å². The fourth-order valence-corrected chi connectivity index (χ4v) is 2.51. The molecule has 24 heavy (non-hydrogen) atoms. The third-order valence-electron chi connectivity index (χ3n) is 3.13. The average molecular weight is 392 g/mol. The van der Waals surface area contributed by atoms with E-state index in [1.54, 1.807) is 18.2 Å². The van der Waals surface area contributed by atoms with Gasteiger partial charge in [-0.1, -0.05) is 47.5 Å². The molecule has 2 rings (SSSR count). The topological polar surface area (TPSA) is 53.5 Å². The molecular weight excluding hydrogens is 371 g/mol. The van der Waals surface area contributed by atoms with Crippen molar-refractivity contribution in [2.45, 2.75) is 6.10 Å². The quantitative estimate of drug-likeness (QED) is 0.568. The van der Waals surface area contributed by atoms with Crippen molar-refractivity contribution in [3.63, 3.8) is 0 Å². The van der Waals surface area contributed by atoms with Crippen molar-refractivity contribution >= 4 is 41.3 Å². The van der Waals surface area contributed by atoms with Crippen LogP contribution in [0.3, 0.4) is 0 Å². The van der Waals surface area contributed by atoms with E-state index in [1.165, 1.54) is 0 Å². The van der Waals surface area contributed by atoms with Gasteiger partial charge in [0, 0.05) is 19.6 Å². The Bertz CT molecular complexity index is 579. The van der Waals surface area contributed by atoms with E-state index in [1.807, 2.05) is 30.3 Å². The SMILES string of the molecule is Cl.OC(CNCCNc1c(Cl)cccc1Cl)COc1ccccc1. The maximum atomic E-state index is 9.86. The molecule has 1 unspecified atom stereocenters. The van der Waals surface area contributed by atoms with Crippen LogP contribution in [0.4, 0.5) is 5.69 Å². The molecule has 0 aromatic heterocycles. The minimum atomic E-state index is -0.570. The maximum Gasteiger partial charge on any atom is 0.119 e. The van der Waals surface area contributed by atoms with E-state index in [-0.39, 0.29) is 19.0 Å². The summed E-state index contributed by atoms with van der Waals surface area (Å²) in [5.74, 6) is 0.751. The Morgan fingerprint density at radius 2 is 1.62 bits per heavy atom. The summed E-state index contributed by atoms with van der Waals surface area (Å²) >= 11 is 12.1. The summed E-state index contributed by atoms with van der Waals surface area (Å²) in [6.07, 6.45) is -0.570. The second-order valence-corrected chi connectivity index (χ2v) is 5.82. The van der Waals surface area contributed by atoms with Crippen molar-refractivity contribution in [1.82, 2.24) is 5.32 Å². The fourth-order valence-electron chi connectivity index (χ4n) is 1.98. The van der Waals surface area contributed by atoms with E-state index in [2.05, 4.69) is 10.6 Å². The lowest BCUT2D eigenvalue weighted by atomic mass is 10.3. The molecule has 0 aliphatic heterocycles. The lowest BCUT2D eigenvalue weighted by Gasteiger charge is -2.14. The number of para-hydroxylation sites is 2. The highest BCUT2D eigenvalue weighted by Gasteiger charge is 2.06. The first-order valence-corrected chi connectivity index (χ1v) is 8.17. The predicted octanol–water partition coefficient (Wildman–Crippen LogP) is 3.86. The largest absolute Gasteiger partial charge is 0.491 e. The van der Waals surface area contributed by atoms with Gasteiger partial charge in [0.2, 0.25) is 0 Å². The molecule has 0 heterocycles. The third kappa shape index (κ3) is 7.16. The Labute approximate surface area is 158 Å². The second kappa shape index (κ2) is 11.4. The van der Waals surface area contributed by atoms with Gasteiger partial charge in [0.25, 0.3) is 0 Å². The van der Waals surface area contributed by atoms with E-state index in [4.69, 9.17) is 27.9 Å². The van der Waals surface area contributed by atoms with Gasteiger partial charge in [-0.05, 0) is 24.3 Å². The van der Waals surface area contributed by atoms with Crippen LogP contribution in [-0.4, -0.2) is 37.5 Å². The number of nitrogens with one attached hydrogen (secondary N) is 2. The van der Waals surface area contributed by atoms with Gasteiger partial charge in [-0.3, -0.25) is 0 Å². The maximum absolute atomic E-state index is 9.86. The molecular formula is C17H21Cl3N2O2. The van der Waals surface area contributed by atoms with Crippen LogP contribution in [0.15, 0.2) is 48.5 Å². The van der Waals surface area contributed by atoms with Crippen molar-refractivity contribution in [3.05, 3.63) is 58.6 Å². The minimum Gasteiger partial charge on any atom is -0.491 e. The van der Waals surface area contributed by atoms with Crippen LogP contribution >= 0.6 is 35.6 Å². The van der Waals surface area contributed by atoms with Gasteiger partial charge >= 0.3 is 0 Å². The Kier molecular flexibility index (Phi) is 9.91. The second-order valence-electron chi connectivity index (χ2n) is 5.01. The van der Waals surface area contributed by atoms with Crippen molar-refractivity contribution in [3.8, 4) is 5.75 Å². The van der Waals surface area contributed by atoms with E-state index in [0.717, 1.165) is 11.4 Å². The minimum absolute atomic E-state index is 0. The molecule has 0 saturated carbocycles. The highest BCUT2D eigenvalue weighted by molar-refractivity contribution is 6.39. The Balaban J connectivity index is 0.00000288. The highest BCUT2D eigenvalue weighted by atomic mass is 35.5. The number of ether oxygens (including phenoxy) is 1. The van der Waals surface area contributed by atoms with Crippen LogP contribution < -0.4 is 15.4 Å². The number of rotatable bonds is 9. The highest BCUT2D eigenvalue weighted by Crippen LogP contribution is 2.29. The first-order chi connectivity index (χ1) is 11.2. The molecule has 0 spiro atoms. The molecule has 0 aliphatic carbocycles. The van der Waals surface area contributed by atoms with Gasteiger partial charge in [0.15, 0.2) is 0 Å². The van der Waals surface area contributed by atoms with Crippen molar-refractivity contribution < 1.29 is 9.84 Å². The molecule has 4 nitrogen and oxygen atoms in total. The molecule has 7 heteroatoms. The molecule has 3 N–H and O–H groups in total. The molecule has 0 amide bonds. The molecule has 0 fully saturated rings. The van der Waals surface area contributed by atoms with Gasteiger partial charge in [0.1, 0.15) is 18.5 Å². The van der Waals surface area contributed by atoms with Gasteiger partial charge in [0.05, 0.1) is 15.7 Å². The summed E-state index contributed by atoms with van der Waals surface area (Å²) in [5.41, 5.74) is 0.727. The number of anilines is 1. The summed E-state index contributed by atoms with van der Waals surface area (Å²) in [6, 6.07) is 14.8. The van der Waals surface area contributed by atoms with E-state index < -0.39 is 6.10 Å². The standard InChI is InChI=1S/C17H20Cl2N2O2.ClH/c18-15-7-4-8-16(19)17(15)21-10-9-20-11-13(22)12-23-14-5-2-1-3-6-14;/h1-8,13,20-22H,9-12H2;1H. The normalized spacial score (nSPS) is 11.5. The number of hydrogen-bond donors (Lipinski definition) is 3. The zero-order chi connectivity index (χ0) is 16.5. The molecule has 0 radical (unpaired) electrons. The Morgan fingerprint density at radius 3 is 2.29 bits per heavy atom. The average Bonchev–Trinajstić information content (AvgIpc) is 2.56. The Hall–Kier alpha value is -1.17. The first kappa shape index (κ1) is 20.9. The summed E-state index contributed by atoms with van der Waals surface area (Å²) < 4.78 is 5.49. The molecule has 2 aromatic carbocycles. The monoisotopic (exact) mass is 390 g/mol. The van der Waals surface area contributed by atoms with Crippen LogP contribution in [0, 0.1) is 0 Å². The lowest BCUT2D eigenvalue weighted by molar-refractivity contribution is 0.107. The predicted molar refractivity (Wildman–Crippen MR) is 103 cm³/mol. The third-order valence-corrected chi connectivity index (χ3v) is 3.76. The first-order valence-electron chi connectivity index (χ1n) is 7.41. The van der Waals surface area contributed by atoms with Gasteiger partial charge in [-0.15, -0.1) is 12.4 Å². The molecule has 2 aromatic rings. The van der Waals surface area contributed by atoms with Crippen LogP contribution in [-0.2, 0) is 0 Å². The molecule has 1 atom stereocenters. The number of aliphatic hydroxyl groups excluding tert-OH is 1. The number of benzene rings is 2. The van der Waals surface area contributed by atoms with Crippen LogP contribution in [0.2, 0.25) is 10.0 Å². The fraction of sp³-hybridized carbons (Fsp3) is 0.294. The zero-order valence-electron chi connectivity index (χ0n) is 13.0. The van der Waals surface area contributed by atoms with Crippen molar-refractivity contribution in [2.24, 2.45) is 0 Å². The van der Waals surface area contributed by atoms with Crippen molar-refractivity contribution in [2.75, 3.05) is 31.6 Å². The molecule has 132 valence electrons. The van der Waals surface area contributed by atoms with E-state index in [0.29, 0.717) is 29.7 Å². The van der Waals surface area contributed by atoms with Crippen LogP contribution in [0.1, 0.15) is 0 Å². The zero-order valence-corrected chi connectivity index (χ0v) is 15.4. The Morgan fingerprint density at radius 1 is 0.958 bits per heavy atom. The van der Waals surface area contributed by atoms with Gasteiger partial charge < -0.3 is 20.5 Å². The summed E-state index contributed by atoms with van der Waals surface area (Å²) in [6.45, 7) is 2.02. The van der Waals surface area contributed by atoms with Crippen LogP contribution in [0.5, 0.6) is 5.75 Å². The molecule has 0 bridgehead atoms. The van der Waals surface area contributed by atoms with Gasteiger partial charge in [-0.25, -0.2) is 0 Å². The lowest BCUT2D eigenvalue weighted by Crippen LogP contribution is -2.34. The number of hydrogen-bond acceptors (Lipinski definition) is 4. The smallest absolute Gasteiger partial charge is 0.119 e. The van der Waals surface area contributed by atoms with E-state index >= 15 is 0 Å². The molecule has 0 aliphatic rings. The number of aliphatic hydroxyl groups is 1.